The maximum absolute atomic E-state index is 14.0. The summed E-state index contributed by atoms with van der Waals surface area (Å²) in [6, 6.07) is 11.8. The molecule has 27 heavy (non-hydrogen) atoms. The third-order valence-electron chi connectivity index (χ3n) is 5.14. The molecule has 5 nitrogen and oxygen atoms in total. The lowest BCUT2D eigenvalue weighted by atomic mass is 9.90. The fraction of sp³-hybridized carbons (Fsp3) is 0.381. The number of methoxy groups -OCH3 is 2. The van der Waals surface area contributed by atoms with Crippen LogP contribution in [0.2, 0.25) is 0 Å². The van der Waals surface area contributed by atoms with Crippen molar-refractivity contribution < 1.29 is 23.8 Å². The zero-order valence-corrected chi connectivity index (χ0v) is 15.5. The highest BCUT2D eigenvalue weighted by molar-refractivity contribution is 5.70. The van der Waals surface area contributed by atoms with Crippen LogP contribution in [0.5, 0.6) is 11.5 Å². The van der Waals surface area contributed by atoms with Gasteiger partial charge in [-0.25, -0.2) is 4.39 Å². The molecule has 144 valence electrons. The smallest absolute Gasteiger partial charge is 0.306 e. The first-order valence-electron chi connectivity index (χ1n) is 8.97. The van der Waals surface area contributed by atoms with E-state index in [4.69, 9.17) is 9.47 Å². The van der Waals surface area contributed by atoms with Gasteiger partial charge in [0.15, 0.2) is 0 Å². The largest absolute Gasteiger partial charge is 0.497 e. The van der Waals surface area contributed by atoms with Crippen LogP contribution in [-0.4, -0.2) is 43.3 Å². The van der Waals surface area contributed by atoms with Crippen molar-refractivity contribution in [3.05, 3.63) is 59.4 Å². The molecule has 6 heteroatoms. The summed E-state index contributed by atoms with van der Waals surface area (Å²) in [6.45, 7) is 1.22. The molecular weight excluding hydrogens is 349 g/mol. The van der Waals surface area contributed by atoms with Gasteiger partial charge in [-0.3, -0.25) is 9.69 Å². The van der Waals surface area contributed by atoms with Gasteiger partial charge in [-0.2, -0.15) is 0 Å². The molecule has 1 saturated heterocycles. The standard InChI is InChI=1S/C21H24FNO4/c1-26-17-6-7-19(27-2)18(13-17)20(15-4-3-5-16(22)12-15)23-10-8-14(9-11-23)21(24)25/h3-7,12-14,20H,8-11H2,1-2H3,(H,24,25). The van der Waals surface area contributed by atoms with Crippen LogP contribution in [-0.2, 0) is 4.79 Å². The van der Waals surface area contributed by atoms with Crippen molar-refractivity contribution in [1.82, 2.24) is 4.90 Å². The molecule has 3 rings (SSSR count). The molecule has 0 amide bonds. The van der Waals surface area contributed by atoms with E-state index in [-0.39, 0.29) is 17.8 Å². The van der Waals surface area contributed by atoms with Crippen LogP contribution in [0.4, 0.5) is 4.39 Å². The summed E-state index contributed by atoms with van der Waals surface area (Å²) < 4.78 is 24.9. The van der Waals surface area contributed by atoms with E-state index < -0.39 is 5.97 Å². The van der Waals surface area contributed by atoms with Gasteiger partial charge in [0.25, 0.3) is 0 Å². The predicted octanol–water partition coefficient (Wildman–Crippen LogP) is 3.73. The fourth-order valence-electron chi connectivity index (χ4n) is 3.72. The van der Waals surface area contributed by atoms with Gasteiger partial charge in [0, 0.05) is 5.56 Å². The number of carbonyl (C=O) groups is 1. The van der Waals surface area contributed by atoms with Crippen LogP contribution >= 0.6 is 0 Å². The van der Waals surface area contributed by atoms with Crippen LogP contribution in [0.1, 0.15) is 30.0 Å². The third-order valence-corrected chi connectivity index (χ3v) is 5.14. The van der Waals surface area contributed by atoms with Crippen molar-refractivity contribution in [2.75, 3.05) is 27.3 Å². The minimum absolute atomic E-state index is 0.250. The zero-order chi connectivity index (χ0) is 19.4. The minimum atomic E-state index is -0.754. The molecule has 0 saturated carbocycles. The summed E-state index contributed by atoms with van der Waals surface area (Å²) in [6.07, 6.45) is 1.13. The van der Waals surface area contributed by atoms with E-state index >= 15 is 0 Å². The highest BCUT2D eigenvalue weighted by Gasteiger charge is 2.32. The number of halogens is 1. The lowest BCUT2D eigenvalue weighted by Gasteiger charge is -2.37. The number of nitrogens with zero attached hydrogens (tertiary/aromatic N) is 1. The molecule has 1 heterocycles. The van der Waals surface area contributed by atoms with E-state index in [2.05, 4.69) is 4.90 Å². The fourth-order valence-corrected chi connectivity index (χ4v) is 3.72. The van der Waals surface area contributed by atoms with Crippen LogP contribution in [0, 0.1) is 11.7 Å². The maximum atomic E-state index is 14.0. The second-order valence-corrected chi connectivity index (χ2v) is 6.71. The molecule has 1 atom stereocenters. The van der Waals surface area contributed by atoms with Crippen molar-refractivity contribution in [3.8, 4) is 11.5 Å². The van der Waals surface area contributed by atoms with Gasteiger partial charge >= 0.3 is 5.97 Å². The Bertz CT molecular complexity index is 803. The molecule has 0 radical (unpaired) electrons. The molecule has 1 aliphatic heterocycles. The molecule has 1 N–H and O–H groups in total. The monoisotopic (exact) mass is 373 g/mol. The molecule has 0 aliphatic carbocycles. The first-order chi connectivity index (χ1) is 13.0. The predicted molar refractivity (Wildman–Crippen MR) is 99.7 cm³/mol. The number of rotatable bonds is 6. The van der Waals surface area contributed by atoms with Crippen LogP contribution in [0.3, 0.4) is 0 Å². The van der Waals surface area contributed by atoms with Crippen molar-refractivity contribution >= 4 is 5.97 Å². The van der Waals surface area contributed by atoms with Gasteiger partial charge in [0.05, 0.1) is 26.2 Å². The van der Waals surface area contributed by atoms with E-state index in [1.165, 1.54) is 12.1 Å². The number of likely N-dealkylation sites (tertiary alicyclic amines) is 1. The lowest BCUT2D eigenvalue weighted by Crippen LogP contribution is -2.39. The van der Waals surface area contributed by atoms with E-state index in [1.54, 1.807) is 20.3 Å². The minimum Gasteiger partial charge on any atom is -0.497 e. The van der Waals surface area contributed by atoms with E-state index in [0.717, 1.165) is 11.1 Å². The number of carboxylic acids is 1. The first-order valence-corrected chi connectivity index (χ1v) is 8.97. The molecule has 0 bridgehead atoms. The van der Waals surface area contributed by atoms with Crippen LogP contribution < -0.4 is 9.47 Å². The summed E-state index contributed by atoms with van der Waals surface area (Å²) in [5.41, 5.74) is 1.67. The molecule has 0 spiro atoms. The average Bonchev–Trinajstić information content (AvgIpc) is 2.68. The molecular formula is C21H24FNO4. The average molecular weight is 373 g/mol. The Balaban J connectivity index is 2.03. The Morgan fingerprint density at radius 1 is 1.15 bits per heavy atom. The van der Waals surface area contributed by atoms with Crippen LogP contribution in [0.15, 0.2) is 42.5 Å². The molecule has 1 fully saturated rings. The number of carboxylic acid groups (broad SMARTS) is 1. The maximum Gasteiger partial charge on any atom is 0.306 e. The van der Waals surface area contributed by atoms with Gasteiger partial charge in [-0.15, -0.1) is 0 Å². The Hall–Kier alpha value is -2.60. The summed E-state index contributed by atoms with van der Waals surface area (Å²) in [5.74, 6) is -0.0182. The highest BCUT2D eigenvalue weighted by Crippen LogP contribution is 2.39. The Morgan fingerprint density at radius 3 is 2.48 bits per heavy atom. The molecule has 2 aromatic carbocycles. The number of hydrogen-bond donors (Lipinski definition) is 1. The number of aliphatic carboxylic acids is 1. The Morgan fingerprint density at radius 2 is 1.89 bits per heavy atom. The molecule has 1 unspecified atom stereocenters. The second-order valence-electron chi connectivity index (χ2n) is 6.71. The SMILES string of the molecule is COc1ccc(OC)c(C(c2cccc(F)c2)N2CCC(C(=O)O)CC2)c1. The Kier molecular flexibility index (Phi) is 5.96. The number of hydrogen-bond acceptors (Lipinski definition) is 4. The highest BCUT2D eigenvalue weighted by atomic mass is 19.1. The summed E-state index contributed by atoms with van der Waals surface area (Å²) in [4.78, 5) is 13.5. The van der Waals surface area contributed by atoms with Crippen molar-refractivity contribution in [1.29, 1.82) is 0 Å². The van der Waals surface area contributed by atoms with Crippen LogP contribution in [0.25, 0.3) is 0 Å². The van der Waals surface area contributed by atoms with Gasteiger partial charge in [0.2, 0.25) is 0 Å². The van der Waals surface area contributed by atoms with Gasteiger partial charge in [0.1, 0.15) is 17.3 Å². The van der Waals surface area contributed by atoms with Crippen molar-refractivity contribution in [2.45, 2.75) is 18.9 Å². The van der Waals surface area contributed by atoms with Crippen molar-refractivity contribution in [3.63, 3.8) is 0 Å². The van der Waals surface area contributed by atoms with E-state index in [1.807, 2.05) is 24.3 Å². The van der Waals surface area contributed by atoms with Crippen molar-refractivity contribution in [2.24, 2.45) is 5.92 Å². The lowest BCUT2D eigenvalue weighted by molar-refractivity contribution is -0.143. The van der Waals surface area contributed by atoms with E-state index in [0.29, 0.717) is 37.4 Å². The normalized spacial score (nSPS) is 16.7. The summed E-state index contributed by atoms with van der Waals surface area (Å²) in [5, 5.41) is 9.28. The number of ether oxygens (including phenoxy) is 2. The van der Waals surface area contributed by atoms with Gasteiger partial charge in [-0.1, -0.05) is 12.1 Å². The Labute approximate surface area is 158 Å². The third kappa shape index (κ3) is 4.22. The summed E-state index contributed by atoms with van der Waals surface area (Å²) >= 11 is 0. The first kappa shape index (κ1) is 19.2. The number of benzene rings is 2. The van der Waals surface area contributed by atoms with E-state index in [9.17, 15) is 14.3 Å². The molecule has 1 aliphatic rings. The molecule has 0 aromatic heterocycles. The summed E-state index contributed by atoms with van der Waals surface area (Å²) in [7, 11) is 3.20. The molecule has 2 aromatic rings. The van der Waals surface area contributed by atoms with Gasteiger partial charge < -0.3 is 14.6 Å². The quantitative estimate of drug-likeness (QED) is 0.836. The second kappa shape index (κ2) is 8.39. The number of piperidine rings is 1. The van der Waals surface area contributed by atoms with Gasteiger partial charge in [-0.05, 0) is 61.8 Å². The topological polar surface area (TPSA) is 59.0 Å². The zero-order valence-electron chi connectivity index (χ0n) is 15.5.